The molecular weight excluding hydrogens is 318 g/mol. The van der Waals surface area contributed by atoms with E-state index in [1.165, 1.54) is 6.33 Å². The predicted octanol–water partition coefficient (Wildman–Crippen LogP) is 1.08. The second kappa shape index (κ2) is 7.87. The molecule has 8 nitrogen and oxygen atoms in total. The van der Waals surface area contributed by atoms with Crippen molar-refractivity contribution in [2.75, 3.05) is 49.1 Å². The third kappa shape index (κ3) is 3.84. The van der Waals surface area contributed by atoms with Crippen LogP contribution in [-0.4, -0.2) is 70.0 Å². The van der Waals surface area contributed by atoms with Gasteiger partial charge in [-0.3, -0.25) is 4.79 Å². The molecule has 132 valence electrons. The van der Waals surface area contributed by atoms with Gasteiger partial charge < -0.3 is 14.7 Å². The Kier molecular flexibility index (Phi) is 5.37. The Morgan fingerprint density at radius 1 is 1.04 bits per heavy atom. The largest absolute Gasteiger partial charge is 0.357 e. The van der Waals surface area contributed by atoms with Crippen LogP contribution < -0.4 is 9.80 Å². The predicted molar refractivity (Wildman–Crippen MR) is 95.7 cm³/mol. The van der Waals surface area contributed by atoms with Crippen LogP contribution in [0.25, 0.3) is 0 Å². The van der Waals surface area contributed by atoms with E-state index in [2.05, 4.69) is 43.6 Å². The standard InChI is InChI=1S/C17H23N7O/c1-3-22(4-2)15-12-14(20-13-21-15)16(25)23-8-10-24(11-9-23)17-18-6-5-7-19-17/h5-7,12-13H,3-4,8-11H2,1-2H3. The van der Waals surface area contributed by atoms with Gasteiger partial charge in [-0.1, -0.05) is 0 Å². The van der Waals surface area contributed by atoms with Crippen molar-refractivity contribution in [3.05, 3.63) is 36.5 Å². The topological polar surface area (TPSA) is 78.4 Å². The van der Waals surface area contributed by atoms with Crippen molar-refractivity contribution in [2.45, 2.75) is 13.8 Å². The molecule has 0 radical (unpaired) electrons. The first-order valence-corrected chi connectivity index (χ1v) is 8.61. The molecule has 0 N–H and O–H groups in total. The lowest BCUT2D eigenvalue weighted by atomic mass is 10.2. The molecule has 0 bridgehead atoms. The van der Waals surface area contributed by atoms with Crippen LogP contribution in [-0.2, 0) is 0 Å². The third-order valence-corrected chi connectivity index (χ3v) is 4.36. The summed E-state index contributed by atoms with van der Waals surface area (Å²) in [5.41, 5.74) is 0.446. The lowest BCUT2D eigenvalue weighted by molar-refractivity contribution is 0.0740. The van der Waals surface area contributed by atoms with Crippen LogP contribution in [0.5, 0.6) is 0 Å². The zero-order chi connectivity index (χ0) is 17.6. The lowest BCUT2D eigenvalue weighted by Gasteiger charge is -2.34. The van der Waals surface area contributed by atoms with E-state index in [0.29, 0.717) is 37.8 Å². The van der Waals surface area contributed by atoms with E-state index in [9.17, 15) is 4.79 Å². The summed E-state index contributed by atoms with van der Waals surface area (Å²) in [6.07, 6.45) is 4.93. The number of nitrogens with zero attached hydrogens (tertiary/aromatic N) is 7. The van der Waals surface area contributed by atoms with Gasteiger partial charge in [0, 0.05) is 57.7 Å². The molecule has 1 saturated heterocycles. The maximum Gasteiger partial charge on any atom is 0.272 e. The Balaban J connectivity index is 1.66. The Labute approximate surface area is 147 Å². The second-order valence-electron chi connectivity index (χ2n) is 5.76. The SMILES string of the molecule is CCN(CC)c1cc(C(=O)N2CCN(c3ncccn3)CC2)ncn1. The molecule has 0 atom stereocenters. The van der Waals surface area contributed by atoms with Gasteiger partial charge >= 0.3 is 0 Å². The van der Waals surface area contributed by atoms with Crippen LogP contribution in [0.4, 0.5) is 11.8 Å². The van der Waals surface area contributed by atoms with Crippen LogP contribution in [0.15, 0.2) is 30.9 Å². The van der Waals surface area contributed by atoms with Crippen molar-refractivity contribution < 1.29 is 4.79 Å². The van der Waals surface area contributed by atoms with E-state index in [0.717, 1.165) is 18.9 Å². The van der Waals surface area contributed by atoms with Crippen molar-refractivity contribution in [2.24, 2.45) is 0 Å². The van der Waals surface area contributed by atoms with Gasteiger partial charge in [0.05, 0.1) is 0 Å². The summed E-state index contributed by atoms with van der Waals surface area (Å²) < 4.78 is 0. The van der Waals surface area contributed by atoms with Crippen LogP contribution >= 0.6 is 0 Å². The molecule has 3 rings (SSSR count). The second-order valence-corrected chi connectivity index (χ2v) is 5.76. The van der Waals surface area contributed by atoms with E-state index in [-0.39, 0.29) is 5.91 Å². The number of carbonyl (C=O) groups is 1. The minimum atomic E-state index is -0.0514. The number of carbonyl (C=O) groups excluding carboxylic acids is 1. The van der Waals surface area contributed by atoms with Crippen LogP contribution in [0, 0.1) is 0 Å². The highest BCUT2D eigenvalue weighted by Crippen LogP contribution is 2.15. The molecule has 0 unspecified atom stereocenters. The van der Waals surface area contributed by atoms with Crippen molar-refractivity contribution in [3.63, 3.8) is 0 Å². The zero-order valence-corrected chi connectivity index (χ0v) is 14.7. The monoisotopic (exact) mass is 341 g/mol. The Morgan fingerprint density at radius 2 is 1.72 bits per heavy atom. The number of rotatable bonds is 5. The molecular formula is C17H23N7O. The minimum absolute atomic E-state index is 0.0514. The van der Waals surface area contributed by atoms with E-state index in [1.807, 2.05) is 4.90 Å². The number of aromatic nitrogens is 4. The van der Waals surface area contributed by atoms with Gasteiger partial charge in [-0.15, -0.1) is 0 Å². The Morgan fingerprint density at radius 3 is 2.36 bits per heavy atom. The number of piperazine rings is 1. The van der Waals surface area contributed by atoms with Gasteiger partial charge in [-0.05, 0) is 19.9 Å². The molecule has 1 fully saturated rings. The molecule has 1 amide bonds. The van der Waals surface area contributed by atoms with Crippen molar-refractivity contribution in [3.8, 4) is 0 Å². The maximum absolute atomic E-state index is 12.8. The fraction of sp³-hybridized carbons (Fsp3) is 0.471. The quantitative estimate of drug-likeness (QED) is 0.805. The fourth-order valence-corrected chi connectivity index (χ4v) is 2.91. The Bertz CT molecular complexity index is 697. The van der Waals surface area contributed by atoms with Gasteiger partial charge in [0.15, 0.2) is 0 Å². The van der Waals surface area contributed by atoms with E-state index in [4.69, 9.17) is 0 Å². The average Bonchev–Trinajstić information content (AvgIpc) is 2.69. The molecule has 2 aromatic rings. The number of anilines is 2. The first-order valence-electron chi connectivity index (χ1n) is 8.61. The summed E-state index contributed by atoms with van der Waals surface area (Å²) in [5, 5.41) is 0. The third-order valence-electron chi connectivity index (χ3n) is 4.36. The van der Waals surface area contributed by atoms with Gasteiger partial charge in [0.25, 0.3) is 5.91 Å². The summed E-state index contributed by atoms with van der Waals surface area (Å²) >= 11 is 0. The van der Waals surface area contributed by atoms with Gasteiger partial charge in [-0.2, -0.15) is 0 Å². The molecule has 1 aliphatic rings. The smallest absolute Gasteiger partial charge is 0.272 e. The van der Waals surface area contributed by atoms with Gasteiger partial charge in [0.2, 0.25) is 5.95 Å². The highest BCUT2D eigenvalue weighted by molar-refractivity contribution is 5.93. The average molecular weight is 341 g/mol. The van der Waals surface area contributed by atoms with E-state index < -0.39 is 0 Å². The fourth-order valence-electron chi connectivity index (χ4n) is 2.91. The molecule has 25 heavy (non-hydrogen) atoms. The molecule has 3 heterocycles. The van der Waals surface area contributed by atoms with Crippen LogP contribution in [0.1, 0.15) is 24.3 Å². The van der Waals surface area contributed by atoms with Crippen LogP contribution in [0.2, 0.25) is 0 Å². The van der Waals surface area contributed by atoms with Crippen molar-refractivity contribution >= 4 is 17.7 Å². The summed E-state index contributed by atoms with van der Waals surface area (Å²) in [6.45, 7) is 8.50. The summed E-state index contributed by atoms with van der Waals surface area (Å²) in [7, 11) is 0. The first-order chi connectivity index (χ1) is 12.2. The maximum atomic E-state index is 12.8. The summed E-state index contributed by atoms with van der Waals surface area (Å²) in [6, 6.07) is 3.58. The molecule has 0 saturated carbocycles. The molecule has 0 spiro atoms. The summed E-state index contributed by atoms with van der Waals surface area (Å²) in [5.74, 6) is 1.45. The number of hydrogen-bond donors (Lipinski definition) is 0. The molecule has 2 aromatic heterocycles. The summed E-state index contributed by atoms with van der Waals surface area (Å²) in [4.78, 5) is 35.8. The van der Waals surface area contributed by atoms with Crippen molar-refractivity contribution in [1.82, 2.24) is 24.8 Å². The highest BCUT2D eigenvalue weighted by Gasteiger charge is 2.24. The molecule has 0 aromatic carbocycles. The van der Waals surface area contributed by atoms with Gasteiger partial charge in [-0.25, -0.2) is 19.9 Å². The Hall–Kier alpha value is -2.77. The zero-order valence-electron chi connectivity index (χ0n) is 14.7. The van der Waals surface area contributed by atoms with Crippen molar-refractivity contribution in [1.29, 1.82) is 0 Å². The molecule has 0 aliphatic carbocycles. The number of amides is 1. The minimum Gasteiger partial charge on any atom is -0.357 e. The van der Waals surface area contributed by atoms with Gasteiger partial charge in [0.1, 0.15) is 17.8 Å². The molecule has 8 heteroatoms. The highest BCUT2D eigenvalue weighted by atomic mass is 16.2. The lowest BCUT2D eigenvalue weighted by Crippen LogP contribution is -2.49. The van der Waals surface area contributed by atoms with Crippen LogP contribution in [0.3, 0.4) is 0 Å². The normalized spacial score (nSPS) is 14.5. The first kappa shape index (κ1) is 17.1. The molecule has 1 aliphatic heterocycles. The van der Waals surface area contributed by atoms with E-state index in [1.54, 1.807) is 24.5 Å². The van der Waals surface area contributed by atoms with E-state index >= 15 is 0 Å². The number of hydrogen-bond acceptors (Lipinski definition) is 7.